The van der Waals surface area contributed by atoms with E-state index in [2.05, 4.69) is 34.5 Å². The molecule has 1 N–H and O–H groups in total. The lowest BCUT2D eigenvalue weighted by Gasteiger charge is -2.16. The molecule has 0 saturated heterocycles. The fourth-order valence-electron chi connectivity index (χ4n) is 1.96. The maximum Gasteiger partial charge on any atom is 0.0644 e. The van der Waals surface area contributed by atoms with Gasteiger partial charge >= 0.3 is 0 Å². The predicted octanol–water partition coefficient (Wildman–Crippen LogP) is 2.10. The molecule has 0 aliphatic rings. The van der Waals surface area contributed by atoms with E-state index in [1.54, 1.807) is 0 Å². The molecule has 0 aromatic carbocycles. The van der Waals surface area contributed by atoms with E-state index in [1.807, 2.05) is 36.3 Å². The Morgan fingerprint density at radius 2 is 2.22 bits per heavy atom. The largest absolute Gasteiger partial charge is 0.308 e. The van der Waals surface area contributed by atoms with Crippen LogP contribution >= 0.6 is 0 Å². The van der Waals surface area contributed by atoms with Gasteiger partial charge in [0.1, 0.15) is 0 Å². The number of aromatic nitrogens is 3. The Kier molecular flexibility index (Phi) is 4.47. The minimum absolute atomic E-state index is 0.237. The van der Waals surface area contributed by atoms with Crippen molar-refractivity contribution in [2.75, 3.05) is 6.54 Å². The Hall–Kier alpha value is -1.68. The van der Waals surface area contributed by atoms with Crippen LogP contribution in [-0.2, 0) is 13.5 Å². The summed E-state index contributed by atoms with van der Waals surface area (Å²) in [5.74, 6) is 0. The molecule has 2 aromatic rings. The van der Waals surface area contributed by atoms with Gasteiger partial charge in [0.05, 0.1) is 17.4 Å². The molecule has 2 heterocycles. The first-order chi connectivity index (χ1) is 8.79. The van der Waals surface area contributed by atoms with Crippen LogP contribution < -0.4 is 5.32 Å². The molecular formula is C14H20N4. The standard InChI is InChI=1S/C14H20N4/c1-3-8-15-14(13-6-4-5-9-16-13)11-12-7-10-18(2)17-12/h4-7,9-10,14-15H,3,8,11H2,1-2H3. The third kappa shape index (κ3) is 3.40. The smallest absolute Gasteiger partial charge is 0.0644 e. The third-order valence-corrected chi connectivity index (χ3v) is 2.87. The van der Waals surface area contributed by atoms with Crippen LogP contribution in [0.4, 0.5) is 0 Å². The van der Waals surface area contributed by atoms with E-state index < -0.39 is 0 Å². The first-order valence-corrected chi connectivity index (χ1v) is 6.42. The van der Waals surface area contributed by atoms with Crippen LogP contribution in [0.1, 0.15) is 30.8 Å². The van der Waals surface area contributed by atoms with Gasteiger partial charge in [0.2, 0.25) is 0 Å². The molecule has 2 rings (SSSR count). The number of hydrogen-bond donors (Lipinski definition) is 1. The average molecular weight is 244 g/mol. The van der Waals surface area contributed by atoms with Gasteiger partial charge in [-0.3, -0.25) is 9.67 Å². The van der Waals surface area contributed by atoms with Gasteiger partial charge < -0.3 is 5.32 Å². The van der Waals surface area contributed by atoms with E-state index in [0.29, 0.717) is 0 Å². The Balaban J connectivity index is 2.10. The Morgan fingerprint density at radius 1 is 1.33 bits per heavy atom. The summed E-state index contributed by atoms with van der Waals surface area (Å²) < 4.78 is 1.84. The van der Waals surface area contributed by atoms with Crippen molar-refractivity contribution in [2.24, 2.45) is 7.05 Å². The molecule has 1 unspecified atom stereocenters. The van der Waals surface area contributed by atoms with Crippen molar-refractivity contribution in [2.45, 2.75) is 25.8 Å². The molecule has 0 fully saturated rings. The van der Waals surface area contributed by atoms with Crippen molar-refractivity contribution in [3.05, 3.63) is 48.0 Å². The van der Waals surface area contributed by atoms with Crippen LogP contribution in [0.5, 0.6) is 0 Å². The molecular weight excluding hydrogens is 224 g/mol. The molecule has 1 atom stereocenters. The highest BCUT2D eigenvalue weighted by atomic mass is 15.2. The molecule has 0 radical (unpaired) electrons. The monoisotopic (exact) mass is 244 g/mol. The third-order valence-electron chi connectivity index (χ3n) is 2.87. The highest BCUT2D eigenvalue weighted by Gasteiger charge is 2.13. The van der Waals surface area contributed by atoms with E-state index in [9.17, 15) is 0 Å². The summed E-state index contributed by atoms with van der Waals surface area (Å²) in [4.78, 5) is 4.44. The zero-order chi connectivity index (χ0) is 12.8. The molecule has 4 nitrogen and oxygen atoms in total. The quantitative estimate of drug-likeness (QED) is 0.846. The molecule has 96 valence electrons. The van der Waals surface area contributed by atoms with Gasteiger partial charge in [-0.25, -0.2) is 0 Å². The van der Waals surface area contributed by atoms with E-state index in [4.69, 9.17) is 0 Å². The average Bonchev–Trinajstić information content (AvgIpc) is 2.81. The van der Waals surface area contributed by atoms with Crippen molar-refractivity contribution in [3.8, 4) is 0 Å². The number of hydrogen-bond acceptors (Lipinski definition) is 3. The molecule has 0 aliphatic heterocycles. The second-order valence-electron chi connectivity index (χ2n) is 4.45. The molecule has 0 spiro atoms. The van der Waals surface area contributed by atoms with Crippen molar-refractivity contribution in [1.82, 2.24) is 20.1 Å². The van der Waals surface area contributed by atoms with Gasteiger partial charge in [0.15, 0.2) is 0 Å². The van der Waals surface area contributed by atoms with Crippen molar-refractivity contribution >= 4 is 0 Å². The summed E-state index contributed by atoms with van der Waals surface area (Å²) in [7, 11) is 1.94. The van der Waals surface area contributed by atoms with E-state index >= 15 is 0 Å². The van der Waals surface area contributed by atoms with Gasteiger partial charge in [-0.1, -0.05) is 13.0 Å². The van der Waals surface area contributed by atoms with E-state index in [1.165, 1.54) is 0 Å². The maximum absolute atomic E-state index is 4.44. The molecule has 0 amide bonds. The summed E-state index contributed by atoms with van der Waals surface area (Å²) in [6.45, 7) is 3.16. The second kappa shape index (κ2) is 6.31. The predicted molar refractivity (Wildman–Crippen MR) is 72.2 cm³/mol. The number of nitrogens with one attached hydrogen (secondary N) is 1. The van der Waals surface area contributed by atoms with Crippen molar-refractivity contribution in [1.29, 1.82) is 0 Å². The summed E-state index contributed by atoms with van der Waals surface area (Å²) in [6, 6.07) is 8.34. The van der Waals surface area contributed by atoms with Crippen LogP contribution in [0.3, 0.4) is 0 Å². The number of nitrogens with zero attached hydrogens (tertiary/aromatic N) is 3. The number of aryl methyl sites for hydroxylation is 1. The lowest BCUT2D eigenvalue weighted by Crippen LogP contribution is -2.25. The van der Waals surface area contributed by atoms with Crippen LogP contribution in [0.15, 0.2) is 36.7 Å². The van der Waals surface area contributed by atoms with Crippen LogP contribution in [0.25, 0.3) is 0 Å². The number of pyridine rings is 1. The minimum atomic E-state index is 0.237. The second-order valence-corrected chi connectivity index (χ2v) is 4.45. The van der Waals surface area contributed by atoms with Crippen molar-refractivity contribution < 1.29 is 0 Å². The van der Waals surface area contributed by atoms with Crippen molar-refractivity contribution in [3.63, 3.8) is 0 Å². The summed E-state index contributed by atoms with van der Waals surface area (Å²) in [5, 5.41) is 7.96. The lowest BCUT2D eigenvalue weighted by atomic mass is 10.1. The van der Waals surface area contributed by atoms with E-state index in [0.717, 1.165) is 30.8 Å². The topological polar surface area (TPSA) is 42.7 Å². The normalized spacial score (nSPS) is 12.6. The highest BCUT2D eigenvalue weighted by Crippen LogP contribution is 2.15. The molecule has 0 saturated carbocycles. The maximum atomic E-state index is 4.44. The summed E-state index contributed by atoms with van der Waals surface area (Å²) in [6.07, 6.45) is 5.81. The van der Waals surface area contributed by atoms with Gasteiger partial charge in [-0.2, -0.15) is 5.10 Å². The van der Waals surface area contributed by atoms with Crippen LogP contribution in [-0.4, -0.2) is 21.3 Å². The molecule has 2 aromatic heterocycles. The lowest BCUT2D eigenvalue weighted by molar-refractivity contribution is 0.510. The fraction of sp³-hybridized carbons (Fsp3) is 0.429. The zero-order valence-electron chi connectivity index (χ0n) is 11.0. The van der Waals surface area contributed by atoms with Crippen LogP contribution in [0, 0.1) is 0 Å². The number of rotatable bonds is 6. The molecule has 0 aliphatic carbocycles. The fourth-order valence-corrected chi connectivity index (χ4v) is 1.96. The van der Waals surface area contributed by atoms with Gasteiger partial charge in [0.25, 0.3) is 0 Å². The SMILES string of the molecule is CCCNC(Cc1ccn(C)n1)c1ccccn1. The first kappa shape index (κ1) is 12.8. The Morgan fingerprint density at radius 3 is 2.83 bits per heavy atom. The van der Waals surface area contributed by atoms with Gasteiger partial charge in [-0.15, -0.1) is 0 Å². The summed E-state index contributed by atoms with van der Waals surface area (Å²) in [5.41, 5.74) is 2.17. The van der Waals surface area contributed by atoms with Crippen LogP contribution in [0.2, 0.25) is 0 Å². The van der Waals surface area contributed by atoms with Gasteiger partial charge in [0, 0.05) is 25.9 Å². The molecule has 0 bridgehead atoms. The Bertz CT molecular complexity index is 464. The summed E-state index contributed by atoms with van der Waals surface area (Å²) >= 11 is 0. The first-order valence-electron chi connectivity index (χ1n) is 6.42. The highest BCUT2D eigenvalue weighted by molar-refractivity contribution is 5.12. The molecule has 4 heteroatoms. The minimum Gasteiger partial charge on any atom is -0.308 e. The van der Waals surface area contributed by atoms with Gasteiger partial charge in [-0.05, 0) is 31.2 Å². The Labute approximate surface area is 108 Å². The zero-order valence-corrected chi connectivity index (χ0v) is 11.0. The van der Waals surface area contributed by atoms with E-state index in [-0.39, 0.29) is 6.04 Å². The molecule has 18 heavy (non-hydrogen) atoms.